The number of nitrogens with zero attached hydrogens (tertiary/aromatic N) is 2. The van der Waals surface area contributed by atoms with Crippen LogP contribution in [0.5, 0.6) is 5.75 Å². The molecule has 3 heterocycles. The quantitative estimate of drug-likeness (QED) is 0.851. The first-order chi connectivity index (χ1) is 12.8. The summed E-state index contributed by atoms with van der Waals surface area (Å²) in [5, 5.41) is 9.68. The zero-order valence-electron chi connectivity index (χ0n) is 15.2. The Balaban J connectivity index is 1.97. The van der Waals surface area contributed by atoms with Crippen LogP contribution in [0, 0.1) is 11.7 Å². The van der Waals surface area contributed by atoms with E-state index in [0.29, 0.717) is 35.4 Å². The molecule has 144 valence electrons. The van der Waals surface area contributed by atoms with E-state index in [-0.39, 0.29) is 30.2 Å². The molecule has 0 radical (unpaired) electrons. The monoisotopic (exact) mass is 375 g/mol. The van der Waals surface area contributed by atoms with E-state index < -0.39 is 17.3 Å². The fourth-order valence-corrected chi connectivity index (χ4v) is 4.14. The summed E-state index contributed by atoms with van der Waals surface area (Å²) in [5.74, 6) is -1.25. The van der Waals surface area contributed by atoms with Crippen LogP contribution < -0.4 is 20.9 Å². The van der Waals surface area contributed by atoms with Gasteiger partial charge in [0.15, 0.2) is 11.6 Å². The number of carboxylic acid groups (broad SMARTS) is 1. The molecule has 1 unspecified atom stereocenters. The Kier molecular flexibility index (Phi) is 4.10. The summed E-state index contributed by atoms with van der Waals surface area (Å²) in [6, 6.07) is 2.17. The van der Waals surface area contributed by atoms with Crippen LogP contribution in [-0.4, -0.2) is 41.4 Å². The van der Waals surface area contributed by atoms with E-state index in [0.717, 1.165) is 6.42 Å². The molecule has 8 heteroatoms. The minimum absolute atomic E-state index is 0.00659. The summed E-state index contributed by atoms with van der Waals surface area (Å²) in [6.07, 6.45) is 0.857. The van der Waals surface area contributed by atoms with Crippen molar-refractivity contribution in [1.82, 2.24) is 4.57 Å². The summed E-state index contributed by atoms with van der Waals surface area (Å²) in [7, 11) is 0. The van der Waals surface area contributed by atoms with Crippen LogP contribution in [0.1, 0.15) is 36.7 Å². The van der Waals surface area contributed by atoms with Gasteiger partial charge < -0.3 is 20.5 Å². The third-order valence-electron chi connectivity index (χ3n) is 5.63. The van der Waals surface area contributed by atoms with Crippen molar-refractivity contribution in [2.24, 2.45) is 11.7 Å². The second-order valence-electron chi connectivity index (χ2n) is 7.53. The molecule has 2 aromatic rings. The average Bonchev–Trinajstić information content (AvgIpc) is 3.08. The van der Waals surface area contributed by atoms with E-state index in [1.807, 2.05) is 11.8 Å². The minimum atomic E-state index is -1.32. The maximum absolute atomic E-state index is 15.0. The Morgan fingerprint density at radius 1 is 1.44 bits per heavy atom. The highest BCUT2D eigenvalue weighted by Gasteiger charge is 2.33. The lowest BCUT2D eigenvalue weighted by molar-refractivity contribution is 0.0694. The van der Waals surface area contributed by atoms with Gasteiger partial charge in [-0.2, -0.15) is 0 Å². The highest BCUT2D eigenvalue weighted by atomic mass is 19.1. The molecular weight excluding hydrogens is 353 g/mol. The van der Waals surface area contributed by atoms with Crippen LogP contribution in [0.15, 0.2) is 16.9 Å². The average molecular weight is 375 g/mol. The molecule has 3 N–H and O–H groups in total. The number of aromatic carboxylic acids is 1. The Bertz CT molecular complexity index is 1000. The first-order valence-electron chi connectivity index (χ1n) is 9.08. The Hall–Kier alpha value is -2.61. The number of nitrogens with two attached hydrogens (primary N) is 1. The number of anilines is 1. The zero-order valence-corrected chi connectivity index (χ0v) is 15.2. The zero-order chi connectivity index (χ0) is 19.5. The number of hydrogen-bond acceptors (Lipinski definition) is 5. The molecule has 4 rings (SSSR count). The van der Waals surface area contributed by atoms with Gasteiger partial charge in [-0.05, 0) is 38.3 Å². The van der Waals surface area contributed by atoms with Crippen molar-refractivity contribution in [2.75, 3.05) is 24.6 Å². The Morgan fingerprint density at radius 2 is 2.19 bits per heavy atom. The van der Waals surface area contributed by atoms with Crippen LogP contribution in [0.4, 0.5) is 10.1 Å². The van der Waals surface area contributed by atoms with Crippen molar-refractivity contribution in [3.8, 4) is 5.75 Å². The van der Waals surface area contributed by atoms with E-state index >= 15 is 4.39 Å². The summed E-state index contributed by atoms with van der Waals surface area (Å²) < 4.78 is 22.3. The van der Waals surface area contributed by atoms with Gasteiger partial charge in [0.2, 0.25) is 0 Å². The summed E-state index contributed by atoms with van der Waals surface area (Å²) >= 11 is 0. The molecule has 0 saturated carbocycles. The van der Waals surface area contributed by atoms with Crippen LogP contribution >= 0.6 is 0 Å². The molecule has 1 saturated heterocycles. The number of hydrogen-bond donors (Lipinski definition) is 2. The van der Waals surface area contributed by atoms with Crippen LogP contribution in [0.2, 0.25) is 0 Å². The molecule has 1 aromatic heterocycles. The van der Waals surface area contributed by atoms with Gasteiger partial charge >= 0.3 is 5.97 Å². The minimum Gasteiger partial charge on any atom is -0.487 e. The molecule has 1 aromatic carbocycles. The van der Waals surface area contributed by atoms with Crippen molar-refractivity contribution < 1.29 is 19.0 Å². The summed E-state index contributed by atoms with van der Waals surface area (Å²) in [6.45, 7) is 5.16. The molecule has 2 aliphatic rings. The molecule has 2 aliphatic heterocycles. The van der Waals surface area contributed by atoms with Gasteiger partial charge in [0.05, 0.1) is 11.6 Å². The van der Waals surface area contributed by atoms with Crippen molar-refractivity contribution in [1.29, 1.82) is 0 Å². The molecule has 0 aliphatic carbocycles. The number of rotatable bonds is 3. The topological polar surface area (TPSA) is 97.8 Å². The molecule has 3 atom stereocenters. The standard InChI is InChI=1S/C19H22FN3O4/c1-9-8-27-17-15-12(5-13(19(25)26)18(24)23(9)15)6-14(20)16(17)22-4-3-11(7-22)10(2)21/h5-6,9-11H,3-4,7-8,21H2,1-2H3,(H,25,26)/t9-,10?,11+/m0/s1. The van der Waals surface area contributed by atoms with Crippen molar-refractivity contribution in [3.05, 3.63) is 33.9 Å². The maximum Gasteiger partial charge on any atom is 0.341 e. The van der Waals surface area contributed by atoms with Crippen molar-refractivity contribution in [2.45, 2.75) is 32.4 Å². The van der Waals surface area contributed by atoms with Gasteiger partial charge in [-0.15, -0.1) is 0 Å². The van der Waals surface area contributed by atoms with E-state index in [4.69, 9.17) is 10.5 Å². The van der Waals surface area contributed by atoms with Gasteiger partial charge in [0.1, 0.15) is 17.9 Å². The number of aromatic nitrogens is 1. The Labute approximate surface area is 155 Å². The van der Waals surface area contributed by atoms with E-state index in [1.165, 1.54) is 16.7 Å². The molecule has 1 fully saturated rings. The number of carbonyl (C=O) groups is 1. The van der Waals surface area contributed by atoms with E-state index in [1.54, 1.807) is 6.92 Å². The SMILES string of the molecule is CC(N)[C@@H]1CCN(c2c(F)cc3cc(C(=O)O)c(=O)n4c3c2OC[C@@H]4C)C1. The van der Waals surface area contributed by atoms with Crippen LogP contribution in [-0.2, 0) is 0 Å². The fourth-order valence-electron chi connectivity index (χ4n) is 4.14. The number of ether oxygens (including phenoxy) is 1. The lowest BCUT2D eigenvalue weighted by atomic mass is 10.0. The maximum atomic E-state index is 15.0. The van der Waals surface area contributed by atoms with E-state index in [9.17, 15) is 14.7 Å². The molecule has 27 heavy (non-hydrogen) atoms. The molecule has 0 spiro atoms. The number of carboxylic acids is 1. The number of pyridine rings is 1. The summed E-state index contributed by atoms with van der Waals surface area (Å²) in [4.78, 5) is 26.1. The van der Waals surface area contributed by atoms with Crippen LogP contribution in [0.3, 0.4) is 0 Å². The van der Waals surface area contributed by atoms with Gasteiger partial charge in [-0.3, -0.25) is 9.36 Å². The predicted molar refractivity (Wildman–Crippen MR) is 99.3 cm³/mol. The largest absolute Gasteiger partial charge is 0.487 e. The van der Waals surface area contributed by atoms with Gasteiger partial charge in [0, 0.05) is 24.5 Å². The molecule has 0 amide bonds. The lowest BCUT2D eigenvalue weighted by Crippen LogP contribution is -2.35. The third kappa shape index (κ3) is 2.66. The van der Waals surface area contributed by atoms with Gasteiger partial charge in [-0.25, -0.2) is 9.18 Å². The second-order valence-corrected chi connectivity index (χ2v) is 7.53. The lowest BCUT2D eigenvalue weighted by Gasteiger charge is -2.31. The van der Waals surface area contributed by atoms with Gasteiger partial charge in [0.25, 0.3) is 5.56 Å². The van der Waals surface area contributed by atoms with Crippen LogP contribution in [0.25, 0.3) is 10.9 Å². The normalized spacial score (nSPS) is 22.7. The van der Waals surface area contributed by atoms with Crippen molar-refractivity contribution in [3.63, 3.8) is 0 Å². The number of halogens is 1. The number of benzene rings is 1. The first kappa shape index (κ1) is 17.8. The van der Waals surface area contributed by atoms with Gasteiger partial charge in [-0.1, -0.05) is 0 Å². The highest BCUT2D eigenvalue weighted by Crippen LogP contribution is 2.43. The Morgan fingerprint density at radius 3 is 2.81 bits per heavy atom. The highest BCUT2D eigenvalue weighted by molar-refractivity contribution is 5.97. The predicted octanol–water partition coefficient (Wildman–Crippen LogP) is 1.97. The third-order valence-corrected chi connectivity index (χ3v) is 5.63. The first-order valence-corrected chi connectivity index (χ1v) is 9.08. The van der Waals surface area contributed by atoms with E-state index in [2.05, 4.69) is 0 Å². The molecular formula is C19H22FN3O4. The second kappa shape index (κ2) is 6.23. The smallest absolute Gasteiger partial charge is 0.341 e. The fraction of sp³-hybridized carbons (Fsp3) is 0.474. The van der Waals surface area contributed by atoms with Crippen molar-refractivity contribution >= 4 is 22.6 Å². The summed E-state index contributed by atoms with van der Waals surface area (Å²) in [5.41, 5.74) is 5.81. The molecule has 0 bridgehead atoms. The molecule has 7 nitrogen and oxygen atoms in total.